The van der Waals surface area contributed by atoms with Gasteiger partial charge in [-0.05, 0) is 39.7 Å². The van der Waals surface area contributed by atoms with E-state index in [4.69, 9.17) is 0 Å². The molecule has 23 heavy (non-hydrogen) atoms. The first-order valence-electron chi connectivity index (χ1n) is 8.35. The molecule has 3 heterocycles. The molecule has 124 valence electrons. The Morgan fingerprint density at radius 2 is 2.09 bits per heavy atom. The van der Waals surface area contributed by atoms with Crippen LogP contribution < -0.4 is 0 Å². The SMILES string of the molecule is CCCn1cc(C(=O)N2CC[C@@H](n3nc(C)cc3C)C2)c(C)n1. The minimum Gasteiger partial charge on any atom is -0.336 e. The number of aryl methyl sites for hydroxylation is 4. The maximum absolute atomic E-state index is 12.8. The molecule has 0 aromatic carbocycles. The van der Waals surface area contributed by atoms with E-state index in [1.54, 1.807) is 0 Å². The van der Waals surface area contributed by atoms with Crippen molar-refractivity contribution in [3.8, 4) is 0 Å². The van der Waals surface area contributed by atoms with E-state index in [-0.39, 0.29) is 11.9 Å². The quantitative estimate of drug-likeness (QED) is 0.871. The molecule has 1 atom stereocenters. The number of aromatic nitrogens is 4. The van der Waals surface area contributed by atoms with Gasteiger partial charge in [-0.3, -0.25) is 14.2 Å². The number of hydrogen-bond donors (Lipinski definition) is 0. The molecule has 0 radical (unpaired) electrons. The van der Waals surface area contributed by atoms with Crippen LogP contribution in [0.15, 0.2) is 12.3 Å². The van der Waals surface area contributed by atoms with Gasteiger partial charge in [0.25, 0.3) is 5.91 Å². The Hall–Kier alpha value is -2.11. The molecule has 3 rings (SSSR count). The van der Waals surface area contributed by atoms with Crippen LogP contribution in [-0.2, 0) is 6.54 Å². The largest absolute Gasteiger partial charge is 0.336 e. The topological polar surface area (TPSA) is 56.0 Å². The summed E-state index contributed by atoms with van der Waals surface area (Å²) < 4.78 is 3.94. The van der Waals surface area contributed by atoms with Crippen molar-refractivity contribution in [2.24, 2.45) is 0 Å². The first-order chi connectivity index (χ1) is 11.0. The Kier molecular flexibility index (Phi) is 4.24. The Bertz CT molecular complexity index is 715. The molecule has 0 saturated carbocycles. The van der Waals surface area contributed by atoms with Gasteiger partial charge in [0.15, 0.2) is 0 Å². The summed E-state index contributed by atoms with van der Waals surface area (Å²) in [5.41, 5.74) is 3.74. The monoisotopic (exact) mass is 315 g/mol. The van der Waals surface area contributed by atoms with Crippen LogP contribution in [-0.4, -0.2) is 43.5 Å². The van der Waals surface area contributed by atoms with Crippen molar-refractivity contribution in [2.75, 3.05) is 13.1 Å². The lowest BCUT2D eigenvalue weighted by atomic mass is 10.2. The highest BCUT2D eigenvalue weighted by atomic mass is 16.2. The van der Waals surface area contributed by atoms with Crippen LogP contribution in [0, 0.1) is 20.8 Å². The fraction of sp³-hybridized carbons (Fsp3) is 0.588. The molecule has 0 spiro atoms. The van der Waals surface area contributed by atoms with Gasteiger partial charge in [-0.25, -0.2) is 0 Å². The molecule has 1 amide bonds. The van der Waals surface area contributed by atoms with Crippen molar-refractivity contribution in [3.63, 3.8) is 0 Å². The number of rotatable bonds is 4. The second kappa shape index (κ2) is 6.18. The zero-order valence-corrected chi connectivity index (χ0v) is 14.4. The summed E-state index contributed by atoms with van der Waals surface area (Å²) >= 11 is 0. The summed E-state index contributed by atoms with van der Waals surface area (Å²) in [7, 11) is 0. The third-order valence-corrected chi connectivity index (χ3v) is 4.47. The molecule has 0 N–H and O–H groups in total. The summed E-state index contributed by atoms with van der Waals surface area (Å²) in [4.78, 5) is 14.7. The lowest BCUT2D eigenvalue weighted by molar-refractivity contribution is 0.0786. The molecule has 0 unspecified atom stereocenters. The first kappa shape index (κ1) is 15.8. The maximum Gasteiger partial charge on any atom is 0.257 e. The van der Waals surface area contributed by atoms with E-state index in [0.29, 0.717) is 0 Å². The molecule has 2 aromatic rings. The minimum atomic E-state index is 0.0916. The van der Waals surface area contributed by atoms with E-state index in [0.717, 1.165) is 55.1 Å². The highest BCUT2D eigenvalue weighted by Crippen LogP contribution is 2.25. The highest BCUT2D eigenvalue weighted by molar-refractivity contribution is 5.95. The number of likely N-dealkylation sites (tertiary alicyclic amines) is 1. The molecule has 0 aliphatic carbocycles. The Balaban J connectivity index is 1.73. The summed E-state index contributed by atoms with van der Waals surface area (Å²) in [6.07, 6.45) is 3.85. The molecule has 2 aromatic heterocycles. The zero-order valence-electron chi connectivity index (χ0n) is 14.4. The molecule has 6 heteroatoms. The van der Waals surface area contributed by atoms with Crippen molar-refractivity contribution in [1.29, 1.82) is 0 Å². The van der Waals surface area contributed by atoms with Crippen molar-refractivity contribution in [2.45, 2.75) is 53.1 Å². The van der Waals surface area contributed by atoms with Crippen LogP contribution in [0.2, 0.25) is 0 Å². The van der Waals surface area contributed by atoms with Crippen molar-refractivity contribution >= 4 is 5.91 Å². The van der Waals surface area contributed by atoms with Gasteiger partial charge in [0.05, 0.1) is 23.0 Å². The lowest BCUT2D eigenvalue weighted by Crippen LogP contribution is -2.29. The molecular formula is C17H25N5O. The standard InChI is InChI=1S/C17H25N5O/c1-5-7-21-11-16(14(4)19-21)17(23)20-8-6-15(10-20)22-13(3)9-12(2)18-22/h9,11,15H,5-8,10H2,1-4H3/t15-/m1/s1. The van der Waals surface area contributed by atoms with Crippen LogP contribution in [0.4, 0.5) is 0 Å². The summed E-state index contributed by atoms with van der Waals surface area (Å²) in [5, 5.41) is 9.01. The smallest absolute Gasteiger partial charge is 0.257 e. The summed E-state index contributed by atoms with van der Waals surface area (Å²) in [6, 6.07) is 2.36. The van der Waals surface area contributed by atoms with Gasteiger partial charge in [-0.15, -0.1) is 0 Å². The van der Waals surface area contributed by atoms with E-state index in [2.05, 4.69) is 34.8 Å². The zero-order chi connectivity index (χ0) is 16.6. The first-order valence-corrected chi connectivity index (χ1v) is 8.35. The average Bonchev–Trinajstić information content (AvgIpc) is 3.18. The van der Waals surface area contributed by atoms with Crippen molar-refractivity contribution in [3.05, 3.63) is 34.9 Å². The fourth-order valence-corrected chi connectivity index (χ4v) is 3.38. The molecular weight excluding hydrogens is 290 g/mol. The van der Waals surface area contributed by atoms with Gasteiger partial charge >= 0.3 is 0 Å². The number of carbonyl (C=O) groups is 1. The van der Waals surface area contributed by atoms with E-state index in [1.165, 1.54) is 0 Å². The number of hydrogen-bond acceptors (Lipinski definition) is 3. The molecule has 1 aliphatic heterocycles. The Morgan fingerprint density at radius 1 is 1.30 bits per heavy atom. The average molecular weight is 315 g/mol. The molecule has 1 saturated heterocycles. The van der Waals surface area contributed by atoms with Crippen LogP contribution in [0.1, 0.15) is 53.2 Å². The van der Waals surface area contributed by atoms with E-state index < -0.39 is 0 Å². The fourth-order valence-electron chi connectivity index (χ4n) is 3.38. The van der Waals surface area contributed by atoms with Gasteiger partial charge in [-0.2, -0.15) is 10.2 Å². The predicted molar refractivity (Wildman–Crippen MR) is 88.5 cm³/mol. The van der Waals surface area contributed by atoms with Crippen molar-refractivity contribution < 1.29 is 4.79 Å². The number of nitrogens with zero attached hydrogens (tertiary/aromatic N) is 5. The predicted octanol–water partition coefficient (Wildman–Crippen LogP) is 2.50. The van der Waals surface area contributed by atoms with Crippen LogP contribution in [0.25, 0.3) is 0 Å². The summed E-state index contributed by atoms with van der Waals surface area (Å²) in [6.45, 7) is 10.4. The third kappa shape index (κ3) is 3.02. The third-order valence-electron chi connectivity index (χ3n) is 4.47. The summed E-state index contributed by atoms with van der Waals surface area (Å²) in [5.74, 6) is 0.0916. The Morgan fingerprint density at radius 3 is 2.74 bits per heavy atom. The van der Waals surface area contributed by atoms with E-state index in [9.17, 15) is 4.79 Å². The van der Waals surface area contributed by atoms with Crippen molar-refractivity contribution in [1.82, 2.24) is 24.5 Å². The second-order valence-corrected chi connectivity index (χ2v) is 6.46. The second-order valence-electron chi connectivity index (χ2n) is 6.46. The maximum atomic E-state index is 12.8. The highest BCUT2D eigenvalue weighted by Gasteiger charge is 2.30. The molecule has 1 fully saturated rings. The molecule has 1 aliphatic rings. The minimum absolute atomic E-state index is 0.0916. The van der Waals surface area contributed by atoms with Gasteiger partial charge in [0, 0.05) is 31.5 Å². The normalized spacial score (nSPS) is 17.9. The van der Waals surface area contributed by atoms with E-state index >= 15 is 0 Å². The number of amides is 1. The van der Waals surface area contributed by atoms with Crippen LogP contribution >= 0.6 is 0 Å². The Labute approximate surface area is 137 Å². The number of carbonyl (C=O) groups excluding carboxylic acids is 1. The van der Waals surface area contributed by atoms with Gasteiger partial charge in [0.2, 0.25) is 0 Å². The van der Waals surface area contributed by atoms with E-state index in [1.807, 2.05) is 29.6 Å². The van der Waals surface area contributed by atoms with Gasteiger partial charge in [0.1, 0.15) is 0 Å². The molecule has 0 bridgehead atoms. The lowest BCUT2D eigenvalue weighted by Gasteiger charge is -2.17. The van der Waals surface area contributed by atoms with Gasteiger partial charge < -0.3 is 4.90 Å². The van der Waals surface area contributed by atoms with Gasteiger partial charge in [-0.1, -0.05) is 6.92 Å². The molecule has 6 nitrogen and oxygen atoms in total. The van der Waals surface area contributed by atoms with Crippen LogP contribution in [0.5, 0.6) is 0 Å². The van der Waals surface area contributed by atoms with Crippen LogP contribution in [0.3, 0.4) is 0 Å².